The molecule has 0 aliphatic rings. The van der Waals surface area contributed by atoms with Crippen LogP contribution < -0.4 is 34.7 Å². The number of carbonyl (C=O) groups excluding carboxylic acids is 2. The van der Waals surface area contributed by atoms with Crippen LogP contribution in [-0.4, -0.2) is 11.8 Å². The summed E-state index contributed by atoms with van der Waals surface area (Å²) in [5.74, 6) is -2.65. The van der Waals surface area contributed by atoms with Gasteiger partial charge in [0, 0.05) is 0 Å². The Hall–Kier alpha value is -0.640. The third kappa shape index (κ3) is 13.5. The van der Waals surface area contributed by atoms with E-state index in [-0.39, 0.29) is 41.8 Å². The molecular weight excluding hydrogens is 299 g/mol. The Bertz CT molecular complexity index is 455. The zero-order chi connectivity index (χ0) is 17.1. The van der Waals surface area contributed by atoms with Crippen molar-refractivity contribution in [2.75, 3.05) is 0 Å². The second-order valence-corrected chi connectivity index (χ2v) is 6.18. The predicted molar refractivity (Wildman–Crippen MR) is 89.2 cm³/mol. The molecule has 0 heterocycles. The molecule has 0 spiro atoms. The van der Waals surface area contributed by atoms with E-state index in [2.05, 4.69) is 32.9 Å². The number of carboxylic acid groups (broad SMARTS) is 1. The summed E-state index contributed by atoms with van der Waals surface area (Å²) >= 11 is 0. The van der Waals surface area contributed by atoms with Crippen molar-refractivity contribution in [2.45, 2.75) is 66.7 Å². The van der Waals surface area contributed by atoms with E-state index in [0.29, 0.717) is 0 Å². The topological polar surface area (TPSA) is 57.2 Å². The molecule has 0 aromatic carbocycles. The van der Waals surface area contributed by atoms with Crippen LogP contribution in [0.4, 0.5) is 0 Å². The van der Waals surface area contributed by atoms with Gasteiger partial charge in [-0.3, -0.25) is 4.79 Å². The zero-order valence-electron chi connectivity index (χ0n) is 15.6. The number of allylic oxidation sites excluding steroid dienone is 6. The minimum Gasteiger partial charge on any atom is -0.549 e. The van der Waals surface area contributed by atoms with Crippen LogP contribution in [0.3, 0.4) is 0 Å². The SMILES string of the molecule is CC(=O)C(C/C=C(\C)CC/C=C(\C)CCC=C(C)C)C(=O)[O-].[Na+]. The number of hydrogen-bond donors (Lipinski definition) is 0. The Balaban J connectivity index is 0. The summed E-state index contributed by atoms with van der Waals surface area (Å²) in [6.07, 6.45) is 10.5. The van der Waals surface area contributed by atoms with E-state index < -0.39 is 11.9 Å². The summed E-state index contributed by atoms with van der Waals surface area (Å²) < 4.78 is 0. The van der Waals surface area contributed by atoms with Crippen molar-refractivity contribution in [3.8, 4) is 0 Å². The fourth-order valence-electron chi connectivity index (χ4n) is 2.09. The molecule has 4 heteroatoms. The number of ketones is 1. The van der Waals surface area contributed by atoms with Gasteiger partial charge >= 0.3 is 29.6 Å². The first kappa shape index (κ1) is 24.6. The van der Waals surface area contributed by atoms with Crippen molar-refractivity contribution in [3.63, 3.8) is 0 Å². The molecule has 1 atom stereocenters. The molecule has 0 saturated carbocycles. The largest absolute Gasteiger partial charge is 1.00 e. The van der Waals surface area contributed by atoms with Crippen LogP contribution in [0.1, 0.15) is 66.7 Å². The van der Waals surface area contributed by atoms with E-state index in [1.54, 1.807) is 0 Å². The number of rotatable bonds is 10. The molecule has 0 N–H and O–H groups in total. The van der Waals surface area contributed by atoms with Gasteiger partial charge in [-0.25, -0.2) is 0 Å². The van der Waals surface area contributed by atoms with Gasteiger partial charge in [0.25, 0.3) is 0 Å². The molecule has 0 saturated heterocycles. The first-order valence-electron chi connectivity index (χ1n) is 7.90. The second-order valence-electron chi connectivity index (χ2n) is 6.18. The molecule has 0 aliphatic carbocycles. The third-order valence-electron chi connectivity index (χ3n) is 3.60. The van der Waals surface area contributed by atoms with Crippen LogP contribution in [0.25, 0.3) is 0 Å². The van der Waals surface area contributed by atoms with E-state index in [1.807, 2.05) is 13.0 Å². The summed E-state index contributed by atoms with van der Waals surface area (Å²) in [4.78, 5) is 22.0. The van der Waals surface area contributed by atoms with Crippen LogP contribution in [0.15, 0.2) is 34.9 Å². The normalized spacial score (nSPS) is 13.1. The first-order chi connectivity index (χ1) is 10.2. The molecule has 0 amide bonds. The van der Waals surface area contributed by atoms with Gasteiger partial charge in [-0.15, -0.1) is 0 Å². The standard InChI is InChI=1S/C19H30O3.Na/c1-14(2)8-6-9-15(3)10-7-11-16(4)12-13-18(17(5)20)19(21)22;/h8,10,12,18H,6-7,9,11,13H2,1-5H3,(H,21,22);/q;+1/p-1/b15-10+,16-12+;. The quantitative estimate of drug-likeness (QED) is 0.338. The number of carbonyl (C=O) groups is 2. The van der Waals surface area contributed by atoms with Crippen molar-refractivity contribution in [1.82, 2.24) is 0 Å². The molecule has 23 heavy (non-hydrogen) atoms. The summed E-state index contributed by atoms with van der Waals surface area (Å²) in [7, 11) is 0. The van der Waals surface area contributed by atoms with E-state index in [0.717, 1.165) is 31.3 Å². The zero-order valence-corrected chi connectivity index (χ0v) is 17.6. The summed E-state index contributed by atoms with van der Waals surface area (Å²) in [6, 6.07) is 0. The van der Waals surface area contributed by atoms with Gasteiger partial charge in [0.05, 0.1) is 11.9 Å². The van der Waals surface area contributed by atoms with Gasteiger partial charge in [-0.05, 0) is 66.7 Å². The van der Waals surface area contributed by atoms with Crippen LogP contribution in [0, 0.1) is 5.92 Å². The van der Waals surface area contributed by atoms with Crippen molar-refractivity contribution in [1.29, 1.82) is 0 Å². The molecule has 0 bridgehead atoms. The van der Waals surface area contributed by atoms with Crippen molar-refractivity contribution < 1.29 is 44.3 Å². The predicted octanol–water partition coefficient (Wildman–Crippen LogP) is 0.755. The van der Waals surface area contributed by atoms with Crippen LogP contribution in [0.2, 0.25) is 0 Å². The van der Waals surface area contributed by atoms with Gasteiger partial charge in [0.2, 0.25) is 0 Å². The molecule has 124 valence electrons. The van der Waals surface area contributed by atoms with Crippen LogP contribution in [-0.2, 0) is 9.59 Å². The Kier molecular flexibility index (Phi) is 14.7. The summed E-state index contributed by atoms with van der Waals surface area (Å²) in [6.45, 7) is 9.61. The van der Waals surface area contributed by atoms with Gasteiger partial charge in [-0.1, -0.05) is 34.9 Å². The summed E-state index contributed by atoms with van der Waals surface area (Å²) in [5.41, 5.74) is 3.84. The van der Waals surface area contributed by atoms with Crippen molar-refractivity contribution in [3.05, 3.63) is 34.9 Å². The third-order valence-corrected chi connectivity index (χ3v) is 3.60. The number of Topliss-reactive ketones (excluding diaryl/α,β-unsaturated/α-hetero) is 1. The maximum absolute atomic E-state index is 11.2. The molecule has 0 radical (unpaired) electrons. The van der Waals surface area contributed by atoms with Crippen LogP contribution >= 0.6 is 0 Å². The minimum atomic E-state index is -1.29. The van der Waals surface area contributed by atoms with E-state index in [4.69, 9.17) is 0 Å². The van der Waals surface area contributed by atoms with Crippen LogP contribution in [0.5, 0.6) is 0 Å². The van der Waals surface area contributed by atoms with E-state index in [1.165, 1.54) is 18.1 Å². The Morgan fingerprint density at radius 1 is 0.870 bits per heavy atom. The second kappa shape index (κ2) is 13.8. The fourth-order valence-corrected chi connectivity index (χ4v) is 2.09. The average Bonchev–Trinajstić information content (AvgIpc) is 2.37. The number of aliphatic carboxylic acids is 1. The molecule has 1 unspecified atom stereocenters. The first-order valence-corrected chi connectivity index (χ1v) is 7.90. The van der Waals surface area contributed by atoms with Gasteiger partial charge in [0.1, 0.15) is 5.78 Å². The number of carboxylic acids is 1. The molecule has 0 aliphatic heterocycles. The van der Waals surface area contributed by atoms with Crippen molar-refractivity contribution >= 4 is 11.8 Å². The molecule has 0 rings (SSSR count). The molecular formula is C19H29NaO3. The Morgan fingerprint density at radius 2 is 1.35 bits per heavy atom. The van der Waals surface area contributed by atoms with Gasteiger partial charge in [-0.2, -0.15) is 0 Å². The minimum absolute atomic E-state index is 0. The van der Waals surface area contributed by atoms with E-state index in [9.17, 15) is 14.7 Å². The molecule has 3 nitrogen and oxygen atoms in total. The Morgan fingerprint density at radius 3 is 1.78 bits per heavy atom. The maximum Gasteiger partial charge on any atom is 1.00 e. The van der Waals surface area contributed by atoms with Crippen molar-refractivity contribution in [2.24, 2.45) is 5.92 Å². The van der Waals surface area contributed by atoms with E-state index >= 15 is 0 Å². The Labute approximate surface area is 163 Å². The molecule has 0 aromatic heterocycles. The number of hydrogen-bond acceptors (Lipinski definition) is 3. The fraction of sp³-hybridized carbons (Fsp3) is 0.579. The molecule has 0 fully saturated rings. The van der Waals surface area contributed by atoms with Gasteiger partial charge in [0.15, 0.2) is 0 Å². The average molecular weight is 328 g/mol. The smallest absolute Gasteiger partial charge is 0.549 e. The molecule has 0 aromatic rings. The maximum atomic E-state index is 11.2. The summed E-state index contributed by atoms with van der Waals surface area (Å²) in [5, 5.41) is 10.8. The van der Waals surface area contributed by atoms with Gasteiger partial charge < -0.3 is 9.90 Å². The monoisotopic (exact) mass is 328 g/mol.